The lowest BCUT2D eigenvalue weighted by Crippen LogP contribution is -2.37. The van der Waals surface area contributed by atoms with E-state index in [4.69, 9.17) is 0 Å². The molecule has 1 aliphatic rings. The van der Waals surface area contributed by atoms with Crippen molar-refractivity contribution in [3.05, 3.63) is 29.8 Å². The van der Waals surface area contributed by atoms with Crippen molar-refractivity contribution in [1.82, 2.24) is 10.6 Å². The van der Waals surface area contributed by atoms with E-state index < -0.39 is 9.84 Å². The van der Waals surface area contributed by atoms with Crippen LogP contribution in [0.15, 0.2) is 34.2 Å². The van der Waals surface area contributed by atoms with Crippen molar-refractivity contribution in [2.75, 3.05) is 19.8 Å². The number of sulfone groups is 1. The highest BCUT2D eigenvalue weighted by molar-refractivity contribution is 14.0. The van der Waals surface area contributed by atoms with Crippen molar-refractivity contribution in [3.8, 4) is 0 Å². The molecule has 0 amide bonds. The normalized spacial score (nSPS) is 15.7. The first-order chi connectivity index (χ1) is 11.5. The fourth-order valence-electron chi connectivity index (χ4n) is 3.16. The Kier molecular flexibility index (Phi) is 9.78. The third-order valence-electron chi connectivity index (χ3n) is 4.59. The van der Waals surface area contributed by atoms with Gasteiger partial charge < -0.3 is 10.6 Å². The summed E-state index contributed by atoms with van der Waals surface area (Å²) in [5, 5.41) is 6.60. The van der Waals surface area contributed by atoms with Gasteiger partial charge in [-0.15, -0.1) is 24.0 Å². The van der Waals surface area contributed by atoms with Gasteiger partial charge in [0.2, 0.25) is 0 Å². The molecule has 1 fully saturated rings. The van der Waals surface area contributed by atoms with Crippen LogP contribution in [0.1, 0.15) is 44.1 Å². The third kappa shape index (κ3) is 7.94. The first-order valence-corrected chi connectivity index (χ1v) is 10.6. The molecule has 1 aliphatic carbocycles. The van der Waals surface area contributed by atoms with E-state index in [0.717, 1.165) is 24.0 Å². The zero-order chi connectivity index (χ0) is 17.4. The molecule has 0 spiro atoms. The number of nitrogens with zero attached hydrogens (tertiary/aromatic N) is 1. The Bertz CT molecular complexity index is 639. The second-order valence-corrected chi connectivity index (χ2v) is 8.58. The van der Waals surface area contributed by atoms with Gasteiger partial charge in [-0.3, -0.25) is 4.99 Å². The Hall–Kier alpha value is -0.830. The van der Waals surface area contributed by atoms with E-state index in [1.54, 1.807) is 19.2 Å². The van der Waals surface area contributed by atoms with Gasteiger partial charge in [-0.1, -0.05) is 37.8 Å². The molecule has 0 radical (unpaired) electrons. The van der Waals surface area contributed by atoms with Gasteiger partial charge in [0, 0.05) is 26.4 Å². The molecule has 25 heavy (non-hydrogen) atoms. The quantitative estimate of drug-likeness (QED) is 0.273. The van der Waals surface area contributed by atoms with E-state index in [1.165, 1.54) is 44.8 Å². The first kappa shape index (κ1) is 22.2. The summed E-state index contributed by atoms with van der Waals surface area (Å²) >= 11 is 0. The zero-order valence-electron chi connectivity index (χ0n) is 15.1. The standard InChI is InChI=1S/C18H29N3O2S.HI/c1-19-18(20-13-5-8-15-6-3-4-7-15)21-14-16-9-11-17(12-10-16)24(2,22)23;/h9-12,15H,3-8,13-14H2,1-2H3,(H2,19,20,21);1H. The second kappa shape index (κ2) is 11.0. The minimum atomic E-state index is -3.13. The molecular formula is C18H30IN3O2S. The van der Waals surface area contributed by atoms with Crippen LogP contribution >= 0.6 is 24.0 Å². The van der Waals surface area contributed by atoms with Crippen molar-refractivity contribution < 1.29 is 8.42 Å². The highest BCUT2D eigenvalue weighted by Gasteiger charge is 2.14. The van der Waals surface area contributed by atoms with Gasteiger partial charge in [0.1, 0.15) is 0 Å². The van der Waals surface area contributed by atoms with E-state index >= 15 is 0 Å². The molecule has 0 saturated heterocycles. The lowest BCUT2D eigenvalue weighted by molar-refractivity contribution is 0.481. The molecule has 0 aliphatic heterocycles. The van der Waals surface area contributed by atoms with Crippen molar-refractivity contribution in [3.63, 3.8) is 0 Å². The summed E-state index contributed by atoms with van der Waals surface area (Å²) in [6, 6.07) is 6.95. The van der Waals surface area contributed by atoms with Crippen molar-refractivity contribution >= 4 is 39.8 Å². The van der Waals surface area contributed by atoms with Crippen molar-refractivity contribution in [1.29, 1.82) is 0 Å². The summed E-state index contributed by atoms with van der Waals surface area (Å²) in [6.45, 7) is 1.55. The van der Waals surface area contributed by atoms with E-state index in [0.29, 0.717) is 11.4 Å². The highest BCUT2D eigenvalue weighted by Crippen LogP contribution is 2.28. The molecule has 7 heteroatoms. The molecule has 0 bridgehead atoms. The molecule has 1 aromatic carbocycles. The molecule has 0 heterocycles. The molecule has 5 nitrogen and oxygen atoms in total. The monoisotopic (exact) mass is 479 g/mol. The van der Waals surface area contributed by atoms with Gasteiger partial charge in [0.25, 0.3) is 0 Å². The Morgan fingerprint density at radius 3 is 2.36 bits per heavy atom. The van der Waals surface area contributed by atoms with Gasteiger partial charge in [-0.2, -0.15) is 0 Å². The molecule has 2 N–H and O–H groups in total. The van der Waals surface area contributed by atoms with Crippen LogP contribution in [-0.2, 0) is 16.4 Å². The lowest BCUT2D eigenvalue weighted by Gasteiger charge is -2.13. The number of hydrogen-bond donors (Lipinski definition) is 2. The number of halogens is 1. The van der Waals surface area contributed by atoms with E-state index in [-0.39, 0.29) is 24.0 Å². The second-order valence-electron chi connectivity index (χ2n) is 6.56. The van der Waals surface area contributed by atoms with Crippen molar-refractivity contribution in [2.45, 2.75) is 50.0 Å². The van der Waals surface area contributed by atoms with Gasteiger partial charge in [-0.25, -0.2) is 8.42 Å². The average molecular weight is 479 g/mol. The largest absolute Gasteiger partial charge is 0.356 e. The summed E-state index contributed by atoms with van der Waals surface area (Å²) in [5.74, 6) is 1.71. The number of hydrogen-bond acceptors (Lipinski definition) is 3. The van der Waals surface area contributed by atoms with Crippen molar-refractivity contribution in [2.24, 2.45) is 10.9 Å². The summed E-state index contributed by atoms with van der Waals surface area (Å²) in [7, 11) is -1.37. The zero-order valence-corrected chi connectivity index (χ0v) is 18.3. The number of nitrogens with one attached hydrogen (secondary N) is 2. The van der Waals surface area contributed by atoms with Crippen LogP contribution in [0.4, 0.5) is 0 Å². The van der Waals surface area contributed by atoms with E-state index in [9.17, 15) is 8.42 Å². The van der Waals surface area contributed by atoms with E-state index in [2.05, 4.69) is 15.6 Å². The van der Waals surface area contributed by atoms with Crippen LogP contribution in [-0.4, -0.2) is 34.2 Å². The van der Waals surface area contributed by atoms with Gasteiger partial charge >= 0.3 is 0 Å². The van der Waals surface area contributed by atoms with Gasteiger partial charge in [0.15, 0.2) is 15.8 Å². The molecule has 142 valence electrons. The van der Waals surface area contributed by atoms with Crippen LogP contribution in [0.5, 0.6) is 0 Å². The topological polar surface area (TPSA) is 70.6 Å². The Morgan fingerprint density at radius 1 is 1.16 bits per heavy atom. The Labute approximate surface area is 169 Å². The van der Waals surface area contributed by atoms with Crippen LogP contribution in [0, 0.1) is 5.92 Å². The average Bonchev–Trinajstić information content (AvgIpc) is 3.07. The van der Waals surface area contributed by atoms with Crippen LogP contribution in [0.2, 0.25) is 0 Å². The molecule has 2 rings (SSSR count). The summed E-state index contributed by atoms with van der Waals surface area (Å²) in [5.41, 5.74) is 1.02. The predicted octanol–water partition coefficient (Wildman–Crippen LogP) is 3.34. The van der Waals surface area contributed by atoms with Gasteiger partial charge in [0.05, 0.1) is 4.90 Å². The molecule has 0 unspecified atom stereocenters. The van der Waals surface area contributed by atoms with Crippen LogP contribution < -0.4 is 10.6 Å². The number of guanidine groups is 1. The maximum Gasteiger partial charge on any atom is 0.191 e. The Balaban J connectivity index is 0.00000312. The predicted molar refractivity (Wildman–Crippen MR) is 114 cm³/mol. The summed E-state index contributed by atoms with van der Waals surface area (Å²) in [4.78, 5) is 4.58. The Morgan fingerprint density at radius 2 is 1.80 bits per heavy atom. The van der Waals surface area contributed by atoms with Gasteiger partial charge in [-0.05, 0) is 36.5 Å². The maximum absolute atomic E-state index is 11.5. The van der Waals surface area contributed by atoms with Crippen LogP contribution in [0.25, 0.3) is 0 Å². The third-order valence-corrected chi connectivity index (χ3v) is 5.72. The fourth-order valence-corrected chi connectivity index (χ4v) is 3.79. The minimum Gasteiger partial charge on any atom is -0.356 e. The fraction of sp³-hybridized carbons (Fsp3) is 0.611. The highest BCUT2D eigenvalue weighted by atomic mass is 127. The van der Waals surface area contributed by atoms with Crippen LogP contribution in [0.3, 0.4) is 0 Å². The number of aliphatic imine (C=N–C) groups is 1. The number of benzene rings is 1. The SMILES string of the molecule is CN=C(NCCCC1CCCC1)NCc1ccc(S(C)(=O)=O)cc1.I. The summed E-state index contributed by atoms with van der Waals surface area (Å²) < 4.78 is 22.9. The molecule has 1 saturated carbocycles. The molecule has 0 aromatic heterocycles. The molecule has 1 aromatic rings. The lowest BCUT2D eigenvalue weighted by atomic mass is 10.0. The van der Waals surface area contributed by atoms with E-state index in [1.807, 2.05) is 12.1 Å². The summed E-state index contributed by atoms with van der Waals surface area (Å²) in [6.07, 6.45) is 9.30. The molecular weight excluding hydrogens is 449 g/mol. The first-order valence-electron chi connectivity index (χ1n) is 8.72. The molecule has 0 atom stereocenters. The smallest absolute Gasteiger partial charge is 0.191 e. The number of rotatable bonds is 7. The maximum atomic E-state index is 11.5. The minimum absolute atomic E-state index is 0.